The molecule has 0 amide bonds. The van der Waals surface area contributed by atoms with Crippen LogP contribution in [0.15, 0.2) is 0 Å². The average molecular weight is 234 g/mol. The fourth-order valence-corrected chi connectivity index (χ4v) is 2.10. The predicted octanol–water partition coefficient (Wildman–Crippen LogP) is 2.56. The van der Waals surface area contributed by atoms with Gasteiger partial charge in [-0.05, 0) is 20.3 Å². The Hall–Kier alpha value is -1.04. The van der Waals surface area contributed by atoms with E-state index in [1.165, 1.54) is 4.68 Å². The number of aryl methyl sites for hydroxylation is 1. The Labute approximate surface area is 91.2 Å². The summed E-state index contributed by atoms with van der Waals surface area (Å²) >= 11 is 0. The maximum absolute atomic E-state index is 12.7. The van der Waals surface area contributed by atoms with Crippen molar-refractivity contribution in [2.75, 3.05) is 6.61 Å². The zero-order chi connectivity index (χ0) is 11.9. The first-order valence-electron chi connectivity index (χ1n) is 5.23. The Morgan fingerprint density at radius 1 is 1.50 bits per heavy atom. The van der Waals surface area contributed by atoms with Crippen LogP contribution >= 0.6 is 0 Å². The van der Waals surface area contributed by atoms with E-state index in [2.05, 4.69) is 5.10 Å². The second-order valence-corrected chi connectivity index (χ2v) is 3.79. The quantitative estimate of drug-likeness (QED) is 0.746. The Morgan fingerprint density at radius 2 is 2.19 bits per heavy atom. The molecule has 1 aromatic rings. The zero-order valence-electron chi connectivity index (χ0n) is 9.14. The molecule has 0 saturated heterocycles. The van der Waals surface area contributed by atoms with Crippen molar-refractivity contribution < 1.29 is 17.9 Å². The number of hydrogen-bond donors (Lipinski definition) is 0. The van der Waals surface area contributed by atoms with E-state index in [1.807, 2.05) is 0 Å². The van der Waals surface area contributed by atoms with Crippen LogP contribution in [0.5, 0.6) is 0 Å². The van der Waals surface area contributed by atoms with E-state index in [1.54, 1.807) is 13.8 Å². The molecular formula is C10H13F3N2O. The Morgan fingerprint density at radius 3 is 2.75 bits per heavy atom. The first-order valence-corrected chi connectivity index (χ1v) is 5.23. The average Bonchev–Trinajstić information content (AvgIpc) is 2.57. The normalized spacial score (nSPS) is 20.9. The fraction of sp³-hybridized carbons (Fsp3) is 0.700. The highest BCUT2D eigenvalue weighted by Gasteiger charge is 2.40. The molecule has 1 unspecified atom stereocenters. The molecule has 2 rings (SSSR count). The zero-order valence-corrected chi connectivity index (χ0v) is 9.14. The van der Waals surface area contributed by atoms with Gasteiger partial charge in [-0.2, -0.15) is 18.3 Å². The minimum atomic E-state index is -4.37. The molecule has 90 valence electrons. The van der Waals surface area contributed by atoms with Gasteiger partial charge in [0.25, 0.3) is 0 Å². The van der Waals surface area contributed by atoms with Gasteiger partial charge < -0.3 is 4.74 Å². The van der Waals surface area contributed by atoms with Crippen LogP contribution in [0.2, 0.25) is 0 Å². The summed E-state index contributed by atoms with van der Waals surface area (Å²) < 4.78 is 44.9. The molecule has 2 heterocycles. The summed E-state index contributed by atoms with van der Waals surface area (Å²) in [6.07, 6.45) is -4.40. The maximum Gasteiger partial charge on any atom is 0.435 e. The highest BCUT2D eigenvalue weighted by Crippen LogP contribution is 2.37. The van der Waals surface area contributed by atoms with Gasteiger partial charge in [-0.25, -0.2) is 0 Å². The largest absolute Gasteiger partial charge is 0.435 e. The summed E-state index contributed by atoms with van der Waals surface area (Å²) in [7, 11) is 0. The molecule has 1 aliphatic rings. The molecule has 0 fully saturated rings. The van der Waals surface area contributed by atoms with Crippen molar-refractivity contribution in [3.05, 3.63) is 17.0 Å². The van der Waals surface area contributed by atoms with Crippen LogP contribution in [0, 0.1) is 0 Å². The molecule has 6 heteroatoms. The topological polar surface area (TPSA) is 27.1 Å². The van der Waals surface area contributed by atoms with E-state index < -0.39 is 11.9 Å². The van der Waals surface area contributed by atoms with Gasteiger partial charge in [-0.1, -0.05) is 0 Å². The van der Waals surface area contributed by atoms with Crippen molar-refractivity contribution in [2.45, 2.75) is 39.1 Å². The number of fused-ring (bicyclic) bond motifs is 1. The third-order valence-electron chi connectivity index (χ3n) is 2.77. The van der Waals surface area contributed by atoms with Gasteiger partial charge in [-0.3, -0.25) is 4.68 Å². The van der Waals surface area contributed by atoms with Crippen LogP contribution in [0.25, 0.3) is 0 Å². The molecule has 0 N–H and O–H groups in total. The van der Waals surface area contributed by atoms with Gasteiger partial charge >= 0.3 is 6.18 Å². The second-order valence-electron chi connectivity index (χ2n) is 3.79. The van der Waals surface area contributed by atoms with Crippen molar-refractivity contribution >= 4 is 0 Å². The van der Waals surface area contributed by atoms with E-state index in [9.17, 15) is 13.2 Å². The standard InChI is InChI=1S/C10H13F3N2O/c1-3-15-8-6(2)16-5-4-7(8)9(14-15)10(11,12)13/h6H,3-5H2,1-2H3. The van der Waals surface area contributed by atoms with Crippen LogP contribution in [-0.2, 0) is 23.9 Å². The third kappa shape index (κ3) is 1.71. The number of hydrogen-bond acceptors (Lipinski definition) is 2. The Bertz CT molecular complexity index is 398. The smallest absolute Gasteiger partial charge is 0.372 e. The second kappa shape index (κ2) is 3.76. The number of rotatable bonds is 1. The van der Waals surface area contributed by atoms with E-state index in [0.717, 1.165) is 0 Å². The molecule has 1 aromatic heterocycles. The number of aromatic nitrogens is 2. The van der Waals surface area contributed by atoms with Gasteiger partial charge in [0.1, 0.15) is 0 Å². The molecule has 16 heavy (non-hydrogen) atoms. The van der Waals surface area contributed by atoms with Gasteiger partial charge in [-0.15, -0.1) is 0 Å². The molecule has 0 saturated carbocycles. The minimum Gasteiger partial charge on any atom is -0.372 e. The monoisotopic (exact) mass is 234 g/mol. The molecule has 0 bridgehead atoms. The first kappa shape index (κ1) is 11.4. The van der Waals surface area contributed by atoms with Crippen LogP contribution in [0.1, 0.15) is 36.9 Å². The molecule has 0 radical (unpaired) electrons. The van der Waals surface area contributed by atoms with Crippen LogP contribution in [0.3, 0.4) is 0 Å². The Balaban J connectivity index is 2.57. The van der Waals surface area contributed by atoms with E-state index in [0.29, 0.717) is 24.4 Å². The molecule has 0 spiro atoms. The lowest BCUT2D eigenvalue weighted by molar-refractivity contribution is -0.142. The minimum absolute atomic E-state index is 0.286. The maximum atomic E-state index is 12.7. The van der Waals surface area contributed by atoms with Crippen molar-refractivity contribution in [1.82, 2.24) is 9.78 Å². The number of alkyl halides is 3. The molecule has 1 atom stereocenters. The lowest BCUT2D eigenvalue weighted by Crippen LogP contribution is -2.18. The van der Waals surface area contributed by atoms with Gasteiger partial charge in [0.2, 0.25) is 0 Å². The summed E-state index contributed by atoms with van der Waals surface area (Å²) in [5.74, 6) is 0. The molecule has 0 aromatic carbocycles. The summed E-state index contributed by atoms with van der Waals surface area (Å²) in [4.78, 5) is 0. The lowest BCUT2D eigenvalue weighted by atomic mass is 10.0. The fourth-order valence-electron chi connectivity index (χ4n) is 2.10. The third-order valence-corrected chi connectivity index (χ3v) is 2.77. The molecular weight excluding hydrogens is 221 g/mol. The highest BCUT2D eigenvalue weighted by atomic mass is 19.4. The summed E-state index contributed by atoms with van der Waals surface area (Å²) in [5.41, 5.74) is 0.119. The summed E-state index contributed by atoms with van der Waals surface area (Å²) in [6, 6.07) is 0. The van der Waals surface area contributed by atoms with Crippen molar-refractivity contribution in [3.8, 4) is 0 Å². The van der Waals surface area contributed by atoms with Crippen molar-refractivity contribution in [1.29, 1.82) is 0 Å². The van der Waals surface area contributed by atoms with Gasteiger partial charge in [0.05, 0.1) is 18.4 Å². The molecule has 1 aliphatic heterocycles. The predicted molar refractivity (Wildman–Crippen MR) is 51.0 cm³/mol. The highest BCUT2D eigenvalue weighted by molar-refractivity contribution is 5.31. The van der Waals surface area contributed by atoms with Crippen molar-refractivity contribution in [3.63, 3.8) is 0 Å². The van der Waals surface area contributed by atoms with Gasteiger partial charge in [0, 0.05) is 12.1 Å². The van der Waals surface area contributed by atoms with Crippen molar-refractivity contribution in [2.24, 2.45) is 0 Å². The lowest BCUT2D eigenvalue weighted by Gasteiger charge is -2.21. The molecule has 3 nitrogen and oxygen atoms in total. The van der Waals surface area contributed by atoms with Gasteiger partial charge in [0.15, 0.2) is 5.69 Å². The Kier molecular flexibility index (Phi) is 2.69. The molecule has 0 aliphatic carbocycles. The number of ether oxygens (including phenoxy) is 1. The number of nitrogens with zero attached hydrogens (tertiary/aromatic N) is 2. The van der Waals surface area contributed by atoms with Crippen LogP contribution < -0.4 is 0 Å². The van der Waals surface area contributed by atoms with E-state index in [-0.39, 0.29) is 12.5 Å². The van der Waals surface area contributed by atoms with E-state index in [4.69, 9.17) is 4.74 Å². The van der Waals surface area contributed by atoms with Crippen LogP contribution in [0.4, 0.5) is 13.2 Å². The SMILES string of the molecule is CCn1nc(C(F)(F)F)c2c1C(C)OCC2. The number of halogens is 3. The summed E-state index contributed by atoms with van der Waals surface area (Å²) in [5, 5.41) is 3.64. The summed E-state index contributed by atoms with van der Waals surface area (Å²) in [6.45, 7) is 4.28. The first-order chi connectivity index (χ1) is 7.45. The van der Waals surface area contributed by atoms with E-state index >= 15 is 0 Å². The van der Waals surface area contributed by atoms with Crippen LogP contribution in [-0.4, -0.2) is 16.4 Å².